The Morgan fingerprint density at radius 3 is 2.47 bits per heavy atom. The first-order valence-corrected chi connectivity index (χ1v) is 10.2. The van der Waals surface area contributed by atoms with Crippen LogP contribution in [0.4, 0.5) is 10.1 Å². The number of hydrogen-bond donors (Lipinski definition) is 0. The number of amides is 3. The first kappa shape index (κ1) is 21.3. The molecule has 1 aliphatic heterocycles. The number of imide groups is 1. The molecule has 1 aliphatic rings. The number of rotatable bonds is 7. The number of carbonyl (C=O) groups excluding carboxylic acids is 3. The molecule has 7 nitrogen and oxygen atoms in total. The van der Waals surface area contributed by atoms with Gasteiger partial charge in [-0.05, 0) is 61.0 Å². The molecule has 4 rings (SSSR count). The zero-order valence-electron chi connectivity index (χ0n) is 17.4. The highest BCUT2D eigenvalue weighted by molar-refractivity contribution is 6.23. The van der Waals surface area contributed by atoms with Crippen LogP contribution in [0.3, 0.4) is 0 Å². The van der Waals surface area contributed by atoms with Crippen molar-refractivity contribution in [3.05, 3.63) is 84.1 Å². The third-order valence-electron chi connectivity index (χ3n) is 5.16. The van der Waals surface area contributed by atoms with Gasteiger partial charge in [-0.1, -0.05) is 12.1 Å². The second-order valence-electron chi connectivity index (χ2n) is 7.25. The van der Waals surface area contributed by atoms with Crippen molar-refractivity contribution in [1.29, 1.82) is 0 Å². The van der Waals surface area contributed by atoms with E-state index in [-0.39, 0.29) is 18.7 Å². The van der Waals surface area contributed by atoms with E-state index in [0.29, 0.717) is 23.6 Å². The zero-order valence-corrected chi connectivity index (χ0v) is 17.4. The summed E-state index contributed by atoms with van der Waals surface area (Å²) in [6.45, 7) is 2.37. The van der Waals surface area contributed by atoms with Crippen LogP contribution in [0.25, 0.3) is 0 Å². The van der Waals surface area contributed by atoms with E-state index in [0.717, 1.165) is 4.90 Å². The molecule has 3 amide bonds. The molecule has 8 heteroatoms. The van der Waals surface area contributed by atoms with Crippen molar-refractivity contribution in [3.63, 3.8) is 0 Å². The minimum absolute atomic E-state index is 0.0145. The van der Waals surface area contributed by atoms with Gasteiger partial charge in [0.1, 0.15) is 17.6 Å². The number of ether oxygens (including phenoxy) is 1. The Morgan fingerprint density at radius 2 is 1.84 bits per heavy atom. The monoisotopic (exact) mass is 436 g/mol. The van der Waals surface area contributed by atoms with E-state index in [1.165, 1.54) is 41.5 Å². The van der Waals surface area contributed by atoms with Crippen molar-refractivity contribution in [3.8, 4) is 5.75 Å². The molecule has 0 N–H and O–H groups in total. The highest BCUT2D eigenvalue weighted by Gasteiger charge is 2.45. The average Bonchev–Trinajstić information content (AvgIpc) is 3.42. The predicted molar refractivity (Wildman–Crippen MR) is 113 cm³/mol. The van der Waals surface area contributed by atoms with Gasteiger partial charge in [-0.25, -0.2) is 9.29 Å². The summed E-state index contributed by atoms with van der Waals surface area (Å²) in [7, 11) is 0. The Labute approximate surface area is 184 Å². The number of hydrogen-bond acceptors (Lipinski definition) is 5. The lowest BCUT2D eigenvalue weighted by molar-refractivity contribution is -0.122. The highest BCUT2D eigenvalue weighted by Crippen LogP contribution is 2.29. The van der Waals surface area contributed by atoms with E-state index in [9.17, 15) is 18.8 Å². The van der Waals surface area contributed by atoms with Crippen LogP contribution in [0.5, 0.6) is 5.75 Å². The normalized spacial score (nSPS) is 15.8. The van der Waals surface area contributed by atoms with Crippen LogP contribution in [0, 0.1) is 5.82 Å². The number of anilines is 1. The van der Waals surface area contributed by atoms with Crippen LogP contribution in [-0.4, -0.2) is 35.3 Å². The van der Waals surface area contributed by atoms with E-state index in [2.05, 4.69) is 0 Å². The summed E-state index contributed by atoms with van der Waals surface area (Å²) in [6, 6.07) is 14.3. The Balaban J connectivity index is 1.63. The van der Waals surface area contributed by atoms with Crippen molar-refractivity contribution >= 4 is 23.4 Å². The molecule has 0 saturated carbocycles. The standard InChI is InChI=1S/C24H21FN2O5/c1-2-31-19-11-9-18(10-12-19)27-22(28)14-20(23(27)29)26(24(30)21-4-3-13-32-21)15-16-5-7-17(25)8-6-16/h3-13,20H,2,14-15H2,1H3. The molecule has 164 valence electrons. The lowest BCUT2D eigenvalue weighted by atomic mass is 10.1. The molecule has 1 aromatic heterocycles. The molecule has 0 aliphatic carbocycles. The molecular formula is C24H21FN2O5. The SMILES string of the molecule is CCOc1ccc(N2C(=O)CC(N(Cc3ccc(F)cc3)C(=O)c3ccco3)C2=O)cc1. The molecule has 2 aromatic carbocycles. The van der Waals surface area contributed by atoms with Crippen molar-refractivity contribution in [2.75, 3.05) is 11.5 Å². The summed E-state index contributed by atoms with van der Waals surface area (Å²) < 4.78 is 24.0. The van der Waals surface area contributed by atoms with Crippen LogP contribution in [0.15, 0.2) is 71.3 Å². The molecule has 1 atom stereocenters. The topological polar surface area (TPSA) is 80.1 Å². The third-order valence-corrected chi connectivity index (χ3v) is 5.16. The fourth-order valence-electron chi connectivity index (χ4n) is 3.64. The summed E-state index contributed by atoms with van der Waals surface area (Å²) in [5.74, 6) is -1.20. The van der Waals surface area contributed by atoms with Crippen LogP contribution < -0.4 is 9.64 Å². The fraction of sp³-hybridized carbons (Fsp3) is 0.208. The van der Waals surface area contributed by atoms with Crippen molar-refractivity contribution in [2.45, 2.75) is 25.9 Å². The summed E-state index contributed by atoms with van der Waals surface area (Å²) in [4.78, 5) is 41.6. The average molecular weight is 436 g/mol. The number of nitrogens with zero attached hydrogens (tertiary/aromatic N) is 2. The molecule has 1 unspecified atom stereocenters. The van der Waals surface area contributed by atoms with Gasteiger partial charge >= 0.3 is 0 Å². The Morgan fingerprint density at radius 1 is 1.12 bits per heavy atom. The number of carbonyl (C=O) groups is 3. The van der Waals surface area contributed by atoms with E-state index < -0.39 is 29.6 Å². The molecule has 1 saturated heterocycles. The van der Waals surface area contributed by atoms with Gasteiger partial charge in [0.05, 0.1) is 25.0 Å². The van der Waals surface area contributed by atoms with Gasteiger partial charge in [0.25, 0.3) is 11.8 Å². The Kier molecular flexibility index (Phi) is 6.02. The first-order chi connectivity index (χ1) is 15.5. The lowest BCUT2D eigenvalue weighted by Crippen LogP contribution is -2.45. The predicted octanol–water partition coefficient (Wildman–Crippen LogP) is 3.79. The fourth-order valence-corrected chi connectivity index (χ4v) is 3.64. The second kappa shape index (κ2) is 9.05. The van der Waals surface area contributed by atoms with Crippen LogP contribution in [-0.2, 0) is 16.1 Å². The molecule has 0 bridgehead atoms. The van der Waals surface area contributed by atoms with Gasteiger partial charge in [-0.15, -0.1) is 0 Å². The van der Waals surface area contributed by atoms with Crippen molar-refractivity contribution in [1.82, 2.24) is 4.90 Å². The summed E-state index contributed by atoms with van der Waals surface area (Å²) >= 11 is 0. The van der Waals surface area contributed by atoms with E-state index in [1.54, 1.807) is 30.3 Å². The zero-order chi connectivity index (χ0) is 22.7. The molecule has 0 radical (unpaired) electrons. The minimum atomic E-state index is -1.02. The maximum atomic E-state index is 13.3. The lowest BCUT2D eigenvalue weighted by Gasteiger charge is -2.27. The van der Waals surface area contributed by atoms with Gasteiger partial charge in [0.2, 0.25) is 5.91 Å². The van der Waals surface area contributed by atoms with E-state index >= 15 is 0 Å². The molecular weight excluding hydrogens is 415 g/mol. The maximum absolute atomic E-state index is 13.3. The van der Waals surface area contributed by atoms with Gasteiger partial charge in [0.15, 0.2) is 5.76 Å². The maximum Gasteiger partial charge on any atom is 0.290 e. The highest BCUT2D eigenvalue weighted by atomic mass is 19.1. The molecule has 0 spiro atoms. The van der Waals surface area contributed by atoms with Crippen molar-refractivity contribution in [2.24, 2.45) is 0 Å². The number of benzene rings is 2. The van der Waals surface area contributed by atoms with Crippen LogP contribution in [0.1, 0.15) is 29.5 Å². The summed E-state index contributed by atoms with van der Waals surface area (Å²) in [5, 5.41) is 0. The van der Waals surface area contributed by atoms with Gasteiger partial charge in [-0.3, -0.25) is 14.4 Å². The van der Waals surface area contributed by atoms with E-state index in [1.807, 2.05) is 6.92 Å². The summed E-state index contributed by atoms with van der Waals surface area (Å²) in [6.07, 6.45) is 1.19. The van der Waals surface area contributed by atoms with Gasteiger partial charge < -0.3 is 14.1 Å². The first-order valence-electron chi connectivity index (χ1n) is 10.2. The van der Waals surface area contributed by atoms with Crippen molar-refractivity contribution < 1.29 is 27.9 Å². The molecule has 1 fully saturated rings. The number of furan rings is 1. The molecule has 3 aromatic rings. The minimum Gasteiger partial charge on any atom is -0.494 e. The molecule has 2 heterocycles. The van der Waals surface area contributed by atoms with Crippen LogP contribution >= 0.6 is 0 Å². The van der Waals surface area contributed by atoms with Crippen LogP contribution in [0.2, 0.25) is 0 Å². The van der Waals surface area contributed by atoms with Gasteiger partial charge in [-0.2, -0.15) is 0 Å². The molecule has 32 heavy (non-hydrogen) atoms. The largest absolute Gasteiger partial charge is 0.494 e. The quantitative estimate of drug-likeness (QED) is 0.527. The van der Waals surface area contributed by atoms with Gasteiger partial charge in [0, 0.05) is 6.54 Å². The Bertz CT molecular complexity index is 1110. The van der Waals surface area contributed by atoms with E-state index in [4.69, 9.17) is 9.15 Å². The Hall–Kier alpha value is -3.94. The second-order valence-corrected chi connectivity index (χ2v) is 7.25. The summed E-state index contributed by atoms with van der Waals surface area (Å²) in [5.41, 5.74) is 1.02. The number of halogens is 1. The smallest absolute Gasteiger partial charge is 0.290 e. The third kappa shape index (κ3) is 4.25.